The first-order valence-corrected chi connectivity index (χ1v) is 4.49. The van der Waals surface area contributed by atoms with Crippen molar-refractivity contribution in [1.29, 1.82) is 0 Å². The Morgan fingerprint density at radius 2 is 2.08 bits per heavy atom. The number of nitrogens with zero attached hydrogens (tertiary/aromatic N) is 1. The molecule has 0 aliphatic heterocycles. The summed E-state index contributed by atoms with van der Waals surface area (Å²) in [6.45, 7) is 13.2. The summed E-state index contributed by atoms with van der Waals surface area (Å²) in [6, 6.07) is 0.335. The van der Waals surface area contributed by atoms with Crippen LogP contribution in [0.2, 0.25) is 0 Å². The van der Waals surface area contributed by atoms with Crippen molar-refractivity contribution in [2.75, 3.05) is 13.1 Å². The zero-order chi connectivity index (χ0) is 9.78. The summed E-state index contributed by atoms with van der Waals surface area (Å²) < 4.78 is 0. The molecule has 1 unspecified atom stereocenters. The summed E-state index contributed by atoms with van der Waals surface area (Å²) in [6.07, 6.45) is 1.90. The molecule has 0 saturated carbocycles. The van der Waals surface area contributed by atoms with Gasteiger partial charge < -0.3 is 5.11 Å². The number of hydrogen-bond donors (Lipinski definition) is 1. The fraction of sp³-hybridized carbons (Fsp3) is 0.800. The van der Waals surface area contributed by atoms with Crippen molar-refractivity contribution in [3.05, 3.63) is 12.7 Å². The first-order valence-electron chi connectivity index (χ1n) is 4.49. The lowest BCUT2D eigenvalue weighted by molar-refractivity contribution is 0.0314. The summed E-state index contributed by atoms with van der Waals surface area (Å²) in [5, 5.41) is 9.59. The van der Waals surface area contributed by atoms with Gasteiger partial charge in [0.1, 0.15) is 0 Å². The van der Waals surface area contributed by atoms with E-state index in [1.165, 1.54) is 0 Å². The van der Waals surface area contributed by atoms with E-state index in [1.807, 2.05) is 19.9 Å². The van der Waals surface area contributed by atoms with Crippen LogP contribution in [0, 0.1) is 0 Å². The summed E-state index contributed by atoms with van der Waals surface area (Å²) in [4.78, 5) is 2.19. The standard InChI is InChI=1S/C10H21NO/c1-6-9(3)11(7-2)8-10(4,5)12/h6,9,12H,1,7-8H2,2-5H3. The molecule has 2 nitrogen and oxygen atoms in total. The Hall–Kier alpha value is -0.340. The normalized spacial score (nSPS) is 14.8. The number of likely N-dealkylation sites (N-methyl/N-ethyl adjacent to an activating group) is 1. The molecule has 1 atom stereocenters. The SMILES string of the molecule is C=CC(C)N(CC)CC(C)(C)O. The van der Waals surface area contributed by atoms with Gasteiger partial charge in [-0.05, 0) is 27.3 Å². The summed E-state index contributed by atoms with van der Waals surface area (Å²) in [5.74, 6) is 0. The van der Waals surface area contributed by atoms with Crippen LogP contribution in [0.25, 0.3) is 0 Å². The van der Waals surface area contributed by atoms with E-state index in [4.69, 9.17) is 0 Å². The molecule has 72 valence electrons. The Bertz CT molecular complexity index is 137. The highest BCUT2D eigenvalue weighted by Crippen LogP contribution is 2.08. The molecule has 0 amide bonds. The molecule has 0 aliphatic rings. The third-order valence-electron chi connectivity index (χ3n) is 1.91. The van der Waals surface area contributed by atoms with Crippen LogP contribution in [-0.2, 0) is 0 Å². The maximum absolute atomic E-state index is 9.59. The Morgan fingerprint density at radius 3 is 2.33 bits per heavy atom. The van der Waals surface area contributed by atoms with Gasteiger partial charge in [-0.25, -0.2) is 0 Å². The smallest absolute Gasteiger partial charge is 0.0718 e. The van der Waals surface area contributed by atoms with Gasteiger partial charge in [-0.15, -0.1) is 6.58 Å². The highest BCUT2D eigenvalue weighted by molar-refractivity contribution is 4.86. The van der Waals surface area contributed by atoms with Crippen molar-refractivity contribution < 1.29 is 5.11 Å². The van der Waals surface area contributed by atoms with Crippen molar-refractivity contribution in [2.45, 2.75) is 39.3 Å². The number of hydrogen-bond acceptors (Lipinski definition) is 2. The molecular weight excluding hydrogens is 150 g/mol. The highest BCUT2D eigenvalue weighted by atomic mass is 16.3. The first kappa shape index (κ1) is 11.7. The molecule has 0 saturated heterocycles. The van der Waals surface area contributed by atoms with Gasteiger partial charge in [0.25, 0.3) is 0 Å². The predicted molar refractivity (Wildman–Crippen MR) is 53.2 cm³/mol. The fourth-order valence-electron chi connectivity index (χ4n) is 1.19. The molecule has 0 rings (SSSR count). The molecule has 0 aromatic rings. The molecule has 0 aromatic carbocycles. The van der Waals surface area contributed by atoms with Gasteiger partial charge in [0, 0.05) is 12.6 Å². The van der Waals surface area contributed by atoms with Gasteiger partial charge in [0.05, 0.1) is 5.60 Å². The van der Waals surface area contributed by atoms with Crippen LogP contribution in [-0.4, -0.2) is 34.7 Å². The van der Waals surface area contributed by atoms with Gasteiger partial charge in [-0.3, -0.25) is 4.90 Å². The van der Waals surface area contributed by atoms with Gasteiger partial charge in [0.2, 0.25) is 0 Å². The van der Waals surface area contributed by atoms with Crippen LogP contribution >= 0.6 is 0 Å². The summed E-state index contributed by atoms with van der Waals surface area (Å²) >= 11 is 0. The molecule has 2 heteroatoms. The quantitative estimate of drug-likeness (QED) is 0.636. The second-order valence-electron chi connectivity index (χ2n) is 3.85. The molecule has 0 heterocycles. The average molecular weight is 171 g/mol. The van der Waals surface area contributed by atoms with Crippen LogP contribution < -0.4 is 0 Å². The third kappa shape index (κ3) is 4.52. The zero-order valence-corrected chi connectivity index (χ0v) is 8.67. The van der Waals surface area contributed by atoms with Crippen LogP contribution in [0.5, 0.6) is 0 Å². The van der Waals surface area contributed by atoms with Crippen molar-refractivity contribution >= 4 is 0 Å². The summed E-state index contributed by atoms with van der Waals surface area (Å²) in [5.41, 5.74) is -0.618. The van der Waals surface area contributed by atoms with Crippen molar-refractivity contribution in [2.24, 2.45) is 0 Å². The minimum absolute atomic E-state index is 0.335. The zero-order valence-electron chi connectivity index (χ0n) is 8.67. The molecule has 0 radical (unpaired) electrons. The topological polar surface area (TPSA) is 23.5 Å². The van der Waals surface area contributed by atoms with Crippen molar-refractivity contribution in [1.82, 2.24) is 4.90 Å². The van der Waals surface area contributed by atoms with Crippen molar-refractivity contribution in [3.63, 3.8) is 0 Å². The van der Waals surface area contributed by atoms with E-state index >= 15 is 0 Å². The summed E-state index contributed by atoms with van der Waals surface area (Å²) in [7, 11) is 0. The lowest BCUT2D eigenvalue weighted by Gasteiger charge is -2.31. The third-order valence-corrected chi connectivity index (χ3v) is 1.91. The second-order valence-corrected chi connectivity index (χ2v) is 3.85. The fourth-order valence-corrected chi connectivity index (χ4v) is 1.19. The van der Waals surface area contributed by atoms with Gasteiger partial charge in [-0.2, -0.15) is 0 Å². The largest absolute Gasteiger partial charge is 0.389 e. The van der Waals surface area contributed by atoms with E-state index in [0.29, 0.717) is 12.6 Å². The molecule has 0 spiro atoms. The molecule has 0 bridgehead atoms. The van der Waals surface area contributed by atoms with E-state index in [-0.39, 0.29) is 0 Å². The lowest BCUT2D eigenvalue weighted by Crippen LogP contribution is -2.42. The molecule has 0 aromatic heterocycles. The minimum atomic E-state index is -0.618. The molecule has 0 fully saturated rings. The van der Waals surface area contributed by atoms with Crippen LogP contribution in [0.4, 0.5) is 0 Å². The van der Waals surface area contributed by atoms with Gasteiger partial charge in [0.15, 0.2) is 0 Å². The van der Waals surface area contributed by atoms with E-state index < -0.39 is 5.60 Å². The lowest BCUT2D eigenvalue weighted by atomic mass is 10.1. The molecule has 1 N–H and O–H groups in total. The predicted octanol–water partition coefficient (Wildman–Crippen LogP) is 1.65. The van der Waals surface area contributed by atoms with Crippen LogP contribution in [0.1, 0.15) is 27.7 Å². The van der Waals surface area contributed by atoms with Gasteiger partial charge in [-0.1, -0.05) is 13.0 Å². The van der Waals surface area contributed by atoms with Crippen molar-refractivity contribution in [3.8, 4) is 0 Å². The highest BCUT2D eigenvalue weighted by Gasteiger charge is 2.19. The van der Waals surface area contributed by atoms with E-state index in [0.717, 1.165) is 6.54 Å². The Balaban J connectivity index is 4.08. The Kier molecular flexibility index (Phi) is 4.50. The Morgan fingerprint density at radius 1 is 1.58 bits per heavy atom. The van der Waals surface area contributed by atoms with Crippen LogP contribution in [0.15, 0.2) is 12.7 Å². The van der Waals surface area contributed by atoms with Crippen LogP contribution in [0.3, 0.4) is 0 Å². The van der Waals surface area contributed by atoms with E-state index in [1.54, 1.807) is 0 Å². The molecular formula is C10H21NO. The van der Waals surface area contributed by atoms with E-state index in [9.17, 15) is 5.11 Å². The number of rotatable bonds is 5. The maximum Gasteiger partial charge on any atom is 0.0718 e. The number of aliphatic hydroxyl groups is 1. The average Bonchev–Trinajstić information content (AvgIpc) is 1.97. The maximum atomic E-state index is 9.59. The first-order chi connectivity index (χ1) is 5.40. The minimum Gasteiger partial charge on any atom is -0.389 e. The monoisotopic (exact) mass is 171 g/mol. The Labute approximate surface area is 75.9 Å². The molecule has 0 aliphatic carbocycles. The molecule has 12 heavy (non-hydrogen) atoms. The second kappa shape index (κ2) is 4.63. The van der Waals surface area contributed by atoms with E-state index in [2.05, 4.69) is 25.3 Å². The van der Waals surface area contributed by atoms with Gasteiger partial charge >= 0.3 is 0 Å².